The first kappa shape index (κ1) is 19.0. The van der Waals surface area contributed by atoms with Crippen molar-refractivity contribution in [3.05, 3.63) is 59.7 Å². The molecule has 2 aromatic carbocycles. The minimum Gasteiger partial charge on any atom is -0.493 e. The molecule has 0 aliphatic carbocycles. The molecule has 1 atom stereocenters. The molecule has 6 nitrogen and oxygen atoms in total. The summed E-state index contributed by atoms with van der Waals surface area (Å²) in [5, 5.41) is 3.02. The zero-order valence-electron chi connectivity index (χ0n) is 15.6. The van der Waals surface area contributed by atoms with E-state index < -0.39 is 10.0 Å². The van der Waals surface area contributed by atoms with Gasteiger partial charge in [-0.15, -0.1) is 0 Å². The maximum Gasteiger partial charge on any atom is 0.251 e. The summed E-state index contributed by atoms with van der Waals surface area (Å²) in [6.45, 7) is 1.61. The monoisotopic (exact) mass is 400 g/mol. The van der Waals surface area contributed by atoms with E-state index in [2.05, 4.69) is 5.32 Å². The van der Waals surface area contributed by atoms with Crippen molar-refractivity contribution in [3.63, 3.8) is 0 Å². The van der Waals surface area contributed by atoms with E-state index in [-0.39, 0.29) is 16.8 Å². The van der Waals surface area contributed by atoms with Crippen LogP contribution in [-0.4, -0.2) is 38.3 Å². The molecule has 1 amide bonds. The average Bonchev–Trinajstić information content (AvgIpc) is 2.75. The maximum atomic E-state index is 12.9. The van der Waals surface area contributed by atoms with Crippen LogP contribution < -0.4 is 10.1 Å². The number of carbonyl (C=O) groups excluding carboxylic acids is 1. The maximum absolute atomic E-state index is 12.9. The van der Waals surface area contributed by atoms with Crippen molar-refractivity contribution in [1.29, 1.82) is 0 Å². The number of piperidine rings is 1. The van der Waals surface area contributed by atoms with Crippen molar-refractivity contribution in [2.24, 2.45) is 0 Å². The van der Waals surface area contributed by atoms with Gasteiger partial charge >= 0.3 is 0 Å². The summed E-state index contributed by atoms with van der Waals surface area (Å²) in [6, 6.07) is 13.8. The smallest absolute Gasteiger partial charge is 0.251 e. The normalized spacial score (nSPS) is 20.1. The topological polar surface area (TPSA) is 75.7 Å². The summed E-state index contributed by atoms with van der Waals surface area (Å²) in [6.07, 6.45) is 3.49. The minimum atomic E-state index is -3.57. The molecule has 4 rings (SSSR count). The summed E-state index contributed by atoms with van der Waals surface area (Å²) in [7, 11) is -3.57. The van der Waals surface area contributed by atoms with Crippen molar-refractivity contribution in [3.8, 4) is 5.75 Å². The van der Waals surface area contributed by atoms with E-state index in [0.29, 0.717) is 31.7 Å². The molecule has 1 saturated heterocycles. The molecule has 0 spiro atoms. The number of carbonyl (C=O) groups is 1. The first-order valence-corrected chi connectivity index (χ1v) is 11.1. The molecule has 0 radical (unpaired) electrons. The highest BCUT2D eigenvalue weighted by molar-refractivity contribution is 7.89. The minimum absolute atomic E-state index is 0.153. The lowest BCUT2D eigenvalue weighted by Gasteiger charge is -2.27. The summed E-state index contributed by atoms with van der Waals surface area (Å²) < 4.78 is 32.9. The van der Waals surface area contributed by atoms with Gasteiger partial charge in [0, 0.05) is 30.6 Å². The van der Waals surface area contributed by atoms with Gasteiger partial charge in [0.2, 0.25) is 10.0 Å². The van der Waals surface area contributed by atoms with Crippen LogP contribution in [-0.2, 0) is 10.0 Å². The second-order valence-electron chi connectivity index (χ2n) is 7.19. The third kappa shape index (κ3) is 3.77. The van der Waals surface area contributed by atoms with Gasteiger partial charge in [-0.3, -0.25) is 4.79 Å². The van der Waals surface area contributed by atoms with Gasteiger partial charge in [0.25, 0.3) is 5.91 Å². The van der Waals surface area contributed by atoms with E-state index in [0.717, 1.165) is 30.6 Å². The zero-order chi connectivity index (χ0) is 19.6. The van der Waals surface area contributed by atoms with Gasteiger partial charge in [0.15, 0.2) is 0 Å². The molecule has 148 valence electrons. The Labute approximate surface area is 165 Å². The molecule has 0 bridgehead atoms. The number of nitrogens with zero attached hydrogens (tertiary/aromatic N) is 1. The van der Waals surface area contributed by atoms with Crippen LogP contribution in [0.5, 0.6) is 5.75 Å². The molecule has 2 heterocycles. The van der Waals surface area contributed by atoms with Crippen LogP contribution in [0.3, 0.4) is 0 Å². The summed E-state index contributed by atoms with van der Waals surface area (Å²) in [5.74, 6) is 0.498. The van der Waals surface area contributed by atoms with Crippen molar-refractivity contribution in [1.82, 2.24) is 9.62 Å². The fraction of sp³-hybridized carbons (Fsp3) is 0.381. The van der Waals surface area contributed by atoms with Gasteiger partial charge in [-0.25, -0.2) is 8.42 Å². The molecule has 28 heavy (non-hydrogen) atoms. The number of benzene rings is 2. The summed E-state index contributed by atoms with van der Waals surface area (Å²) in [4.78, 5) is 13.0. The second-order valence-corrected chi connectivity index (χ2v) is 9.13. The quantitative estimate of drug-likeness (QED) is 0.856. The van der Waals surface area contributed by atoms with Gasteiger partial charge in [0.1, 0.15) is 5.75 Å². The molecular weight excluding hydrogens is 376 g/mol. The van der Waals surface area contributed by atoms with E-state index in [1.54, 1.807) is 18.2 Å². The molecule has 2 aromatic rings. The third-order valence-electron chi connectivity index (χ3n) is 5.31. The molecule has 2 aliphatic heterocycles. The lowest BCUT2D eigenvalue weighted by Crippen LogP contribution is -2.36. The Kier molecular flexibility index (Phi) is 5.37. The number of sulfonamides is 1. The van der Waals surface area contributed by atoms with Gasteiger partial charge in [-0.2, -0.15) is 4.31 Å². The number of amides is 1. The predicted molar refractivity (Wildman–Crippen MR) is 106 cm³/mol. The number of nitrogens with one attached hydrogen (secondary N) is 1. The third-order valence-corrected chi connectivity index (χ3v) is 7.21. The molecular formula is C21H24N2O4S. The fourth-order valence-electron chi connectivity index (χ4n) is 3.79. The molecule has 7 heteroatoms. The number of rotatable bonds is 4. The Morgan fingerprint density at radius 3 is 2.64 bits per heavy atom. The molecule has 0 saturated carbocycles. The standard InChI is InChI=1S/C21H24N2O4S/c24-21(22-19-11-14-27-20-10-3-2-9-18(19)20)16-7-6-8-17(15-16)28(25,26)23-12-4-1-5-13-23/h2-3,6-10,15,19H,1,4-5,11-14H2,(H,22,24)/t19-/m0/s1. The molecule has 2 aliphatic rings. The van der Waals surface area contributed by atoms with Crippen LogP contribution in [0.15, 0.2) is 53.4 Å². The van der Waals surface area contributed by atoms with Crippen LogP contribution in [0, 0.1) is 0 Å². The van der Waals surface area contributed by atoms with Gasteiger partial charge in [-0.05, 0) is 37.1 Å². The SMILES string of the molecule is O=C(N[C@H]1CCOc2ccccc21)c1cccc(S(=O)(=O)N2CCCCC2)c1. The van der Waals surface area contributed by atoms with Crippen LogP contribution in [0.1, 0.15) is 47.6 Å². The Morgan fingerprint density at radius 2 is 1.82 bits per heavy atom. The van der Waals surface area contributed by atoms with E-state index in [4.69, 9.17) is 4.74 Å². The highest BCUT2D eigenvalue weighted by Crippen LogP contribution is 2.31. The number of ether oxygens (including phenoxy) is 1. The fourth-order valence-corrected chi connectivity index (χ4v) is 5.35. The second kappa shape index (κ2) is 7.93. The van der Waals surface area contributed by atoms with Crippen molar-refractivity contribution in [2.75, 3.05) is 19.7 Å². The highest BCUT2D eigenvalue weighted by Gasteiger charge is 2.27. The number of fused-ring (bicyclic) bond motifs is 1. The van der Waals surface area contributed by atoms with E-state index in [1.165, 1.54) is 10.4 Å². The van der Waals surface area contributed by atoms with Gasteiger partial charge in [0.05, 0.1) is 17.5 Å². The number of hydrogen-bond donors (Lipinski definition) is 1. The van der Waals surface area contributed by atoms with Crippen molar-refractivity contribution >= 4 is 15.9 Å². The Balaban J connectivity index is 1.54. The number of hydrogen-bond acceptors (Lipinski definition) is 4. The van der Waals surface area contributed by atoms with Crippen molar-refractivity contribution < 1.29 is 17.9 Å². The molecule has 0 unspecified atom stereocenters. The Morgan fingerprint density at radius 1 is 1.04 bits per heavy atom. The summed E-state index contributed by atoms with van der Waals surface area (Å²) >= 11 is 0. The van der Waals surface area contributed by atoms with Crippen LogP contribution >= 0.6 is 0 Å². The van der Waals surface area contributed by atoms with E-state index >= 15 is 0 Å². The largest absolute Gasteiger partial charge is 0.493 e. The lowest BCUT2D eigenvalue weighted by molar-refractivity contribution is 0.0924. The molecule has 1 fully saturated rings. The highest BCUT2D eigenvalue weighted by atomic mass is 32.2. The zero-order valence-corrected chi connectivity index (χ0v) is 16.5. The average molecular weight is 401 g/mol. The summed E-state index contributed by atoms with van der Waals surface area (Å²) in [5.41, 5.74) is 1.29. The van der Waals surface area contributed by atoms with E-state index in [1.807, 2.05) is 24.3 Å². The van der Waals surface area contributed by atoms with Gasteiger partial charge < -0.3 is 10.1 Å². The first-order valence-electron chi connectivity index (χ1n) is 9.68. The first-order chi connectivity index (χ1) is 13.6. The van der Waals surface area contributed by atoms with Crippen LogP contribution in [0.25, 0.3) is 0 Å². The Bertz CT molecular complexity index is 968. The van der Waals surface area contributed by atoms with E-state index in [9.17, 15) is 13.2 Å². The lowest BCUT2D eigenvalue weighted by atomic mass is 10.00. The van der Waals surface area contributed by atoms with Crippen molar-refractivity contribution in [2.45, 2.75) is 36.6 Å². The van der Waals surface area contributed by atoms with Crippen LogP contribution in [0.4, 0.5) is 0 Å². The molecule has 1 N–H and O–H groups in total. The molecule has 0 aromatic heterocycles. The predicted octanol–water partition coefficient (Wildman–Crippen LogP) is 3.11. The van der Waals surface area contributed by atoms with Crippen LogP contribution in [0.2, 0.25) is 0 Å². The Hall–Kier alpha value is -2.38. The number of para-hydroxylation sites is 1. The van der Waals surface area contributed by atoms with Gasteiger partial charge in [-0.1, -0.05) is 30.7 Å².